The molecule has 0 fully saturated rings. The zero-order chi connectivity index (χ0) is 9.40. The Labute approximate surface area is 79.4 Å². The van der Waals surface area contributed by atoms with Gasteiger partial charge >= 0.3 is 0 Å². The van der Waals surface area contributed by atoms with Gasteiger partial charge in [0.1, 0.15) is 0 Å². The summed E-state index contributed by atoms with van der Waals surface area (Å²) < 4.78 is 0. The highest BCUT2D eigenvalue weighted by Crippen LogP contribution is 2.09. The van der Waals surface area contributed by atoms with Crippen molar-refractivity contribution < 1.29 is 5.11 Å². The third-order valence-electron chi connectivity index (χ3n) is 1.83. The van der Waals surface area contributed by atoms with Crippen LogP contribution in [-0.4, -0.2) is 35.8 Å². The van der Waals surface area contributed by atoms with Crippen LogP contribution >= 0.6 is 11.8 Å². The van der Waals surface area contributed by atoms with Gasteiger partial charge in [0.25, 0.3) is 0 Å². The molecule has 0 aromatic heterocycles. The van der Waals surface area contributed by atoms with E-state index in [-0.39, 0.29) is 6.61 Å². The molecule has 12 heavy (non-hydrogen) atoms. The number of hydrogen-bond donors (Lipinski definition) is 2. The molecular weight excluding hydrogens is 170 g/mol. The molecule has 0 saturated heterocycles. The Hall–Kier alpha value is 0.0100. The van der Waals surface area contributed by atoms with Crippen molar-refractivity contribution in [3.05, 3.63) is 12.2 Å². The Morgan fingerprint density at radius 3 is 2.67 bits per heavy atom. The van der Waals surface area contributed by atoms with Crippen molar-refractivity contribution in [2.45, 2.75) is 25.1 Å². The third kappa shape index (κ3) is 4.80. The molecule has 72 valence electrons. The van der Waals surface area contributed by atoms with E-state index in [1.54, 1.807) is 11.8 Å². The fraction of sp³-hybridized carbons (Fsp3) is 0.778. The fourth-order valence-electron chi connectivity index (χ4n) is 0.940. The van der Waals surface area contributed by atoms with Gasteiger partial charge in [-0.05, 0) is 20.1 Å². The van der Waals surface area contributed by atoms with Crippen LogP contribution in [-0.2, 0) is 0 Å². The summed E-state index contributed by atoms with van der Waals surface area (Å²) >= 11 is 1.70. The van der Waals surface area contributed by atoms with E-state index in [4.69, 9.17) is 5.11 Å². The third-order valence-corrected chi connectivity index (χ3v) is 3.00. The second-order valence-corrected chi connectivity index (χ2v) is 3.80. The molecule has 2 N–H and O–H groups in total. The van der Waals surface area contributed by atoms with Crippen LogP contribution in [0.2, 0.25) is 0 Å². The number of allylic oxidation sites excluding steroid dienone is 1. The van der Waals surface area contributed by atoms with Crippen LogP contribution in [0.25, 0.3) is 0 Å². The molecule has 3 heteroatoms. The molecule has 0 radical (unpaired) electrons. The first kappa shape index (κ1) is 12.0. The van der Waals surface area contributed by atoms with Gasteiger partial charge in [0.15, 0.2) is 0 Å². The Kier molecular flexibility index (Phi) is 7.65. The van der Waals surface area contributed by atoms with Crippen LogP contribution in [0.15, 0.2) is 12.2 Å². The van der Waals surface area contributed by atoms with Gasteiger partial charge in [0, 0.05) is 17.8 Å². The predicted octanol–water partition coefficient (Wildman–Crippen LogP) is 1.26. The minimum Gasteiger partial charge on any atom is -0.395 e. The van der Waals surface area contributed by atoms with Gasteiger partial charge in [0.2, 0.25) is 0 Å². The lowest BCUT2D eigenvalue weighted by atomic mass is 10.2. The first-order valence-electron chi connectivity index (χ1n) is 4.24. The molecular formula is C9H19NOS. The van der Waals surface area contributed by atoms with Crippen LogP contribution in [0.1, 0.15) is 13.8 Å². The normalized spacial score (nSPS) is 16.7. The molecule has 2 nitrogen and oxygen atoms in total. The molecule has 0 rings (SSSR count). The molecule has 2 unspecified atom stereocenters. The van der Waals surface area contributed by atoms with Crippen molar-refractivity contribution in [1.82, 2.24) is 5.32 Å². The van der Waals surface area contributed by atoms with Gasteiger partial charge in [-0.3, -0.25) is 0 Å². The Bertz CT molecular complexity index is 124. The van der Waals surface area contributed by atoms with Gasteiger partial charge in [-0.15, -0.1) is 0 Å². The summed E-state index contributed by atoms with van der Waals surface area (Å²) in [5.74, 6) is 0. The van der Waals surface area contributed by atoms with E-state index in [2.05, 4.69) is 18.3 Å². The van der Waals surface area contributed by atoms with Crippen LogP contribution in [0, 0.1) is 0 Å². The first-order valence-corrected chi connectivity index (χ1v) is 5.53. The van der Waals surface area contributed by atoms with Crippen molar-refractivity contribution in [3.63, 3.8) is 0 Å². The summed E-state index contributed by atoms with van der Waals surface area (Å²) in [5.41, 5.74) is 0. The maximum Gasteiger partial charge on any atom is 0.0564 e. The highest BCUT2D eigenvalue weighted by Gasteiger charge is 2.12. The van der Waals surface area contributed by atoms with E-state index in [0.29, 0.717) is 11.3 Å². The van der Waals surface area contributed by atoms with Gasteiger partial charge < -0.3 is 10.4 Å². The van der Waals surface area contributed by atoms with E-state index in [9.17, 15) is 0 Å². The van der Waals surface area contributed by atoms with Gasteiger partial charge in [-0.1, -0.05) is 12.2 Å². The predicted molar refractivity (Wildman–Crippen MR) is 56.7 cm³/mol. The van der Waals surface area contributed by atoms with Crippen molar-refractivity contribution >= 4 is 11.8 Å². The molecule has 0 aromatic carbocycles. The minimum atomic E-state index is 0.241. The lowest BCUT2D eigenvalue weighted by Gasteiger charge is -2.20. The van der Waals surface area contributed by atoms with Gasteiger partial charge in [-0.2, -0.15) is 11.8 Å². The van der Waals surface area contributed by atoms with Crippen LogP contribution in [0.4, 0.5) is 0 Å². The standard InChI is InChI=1S/C9H19NOS/c1-4-5-6-10-8(2)9(7-11)12-3/h4-5,8-11H,6-7H2,1-3H3/b5-4+. The molecule has 2 atom stereocenters. The molecule has 0 bridgehead atoms. The Balaban J connectivity index is 3.60. The second kappa shape index (κ2) is 7.65. The summed E-state index contributed by atoms with van der Waals surface area (Å²) in [6.45, 7) is 5.23. The van der Waals surface area contributed by atoms with E-state index >= 15 is 0 Å². The SMILES string of the molecule is C/C=C/CNC(C)C(CO)SC. The van der Waals surface area contributed by atoms with Crippen molar-refractivity contribution in [2.24, 2.45) is 0 Å². The molecule has 0 aliphatic carbocycles. The lowest BCUT2D eigenvalue weighted by molar-refractivity contribution is 0.277. The topological polar surface area (TPSA) is 32.3 Å². The van der Waals surface area contributed by atoms with Crippen LogP contribution < -0.4 is 5.32 Å². The number of aliphatic hydroxyl groups excluding tert-OH is 1. The summed E-state index contributed by atoms with van der Waals surface area (Å²) in [6.07, 6.45) is 6.12. The van der Waals surface area contributed by atoms with Crippen molar-refractivity contribution in [1.29, 1.82) is 0 Å². The van der Waals surface area contributed by atoms with E-state index in [1.165, 1.54) is 0 Å². The fourth-order valence-corrected chi connectivity index (χ4v) is 1.59. The van der Waals surface area contributed by atoms with Gasteiger partial charge in [0.05, 0.1) is 6.61 Å². The summed E-state index contributed by atoms with van der Waals surface area (Å²) in [5, 5.41) is 12.6. The van der Waals surface area contributed by atoms with Crippen LogP contribution in [0.3, 0.4) is 0 Å². The van der Waals surface area contributed by atoms with Crippen molar-refractivity contribution in [2.75, 3.05) is 19.4 Å². The first-order chi connectivity index (χ1) is 5.76. The number of hydrogen-bond acceptors (Lipinski definition) is 3. The largest absolute Gasteiger partial charge is 0.395 e. The second-order valence-electron chi connectivity index (χ2n) is 2.72. The van der Waals surface area contributed by atoms with Crippen molar-refractivity contribution in [3.8, 4) is 0 Å². The molecule has 0 spiro atoms. The molecule has 0 heterocycles. The monoisotopic (exact) mass is 189 g/mol. The Morgan fingerprint density at radius 2 is 2.25 bits per heavy atom. The quantitative estimate of drug-likeness (QED) is 0.617. The zero-order valence-corrected chi connectivity index (χ0v) is 8.90. The number of nitrogens with one attached hydrogen (secondary N) is 1. The molecule has 0 amide bonds. The Morgan fingerprint density at radius 1 is 1.58 bits per heavy atom. The maximum atomic E-state index is 8.97. The highest BCUT2D eigenvalue weighted by atomic mass is 32.2. The molecule has 0 aliphatic rings. The number of thioether (sulfide) groups is 1. The van der Waals surface area contributed by atoms with Crippen LogP contribution in [0.5, 0.6) is 0 Å². The lowest BCUT2D eigenvalue weighted by Crippen LogP contribution is -2.37. The average Bonchev–Trinajstić information content (AvgIpc) is 2.07. The van der Waals surface area contributed by atoms with E-state index in [0.717, 1.165) is 6.54 Å². The minimum absolute atomic E-state index is 0.241. The molecule has 0 aliphatic heterocycles. The van der Waals surface area contributed by atoms with E-state index in [1.807, 2.05) is 19.3 Å². The highest BCUT2D eigenvalue weighted by molar-refractivity contribution is 7.99. The average molecular weight is 189 g/mol. The maximum absolute atomic E-state index is 8.97. The summed E-state index contributed by atoms with van der Waals surface area (Å²) in [4.78, 5) is 0. The number of aliphatic hydroxyl groups is 1. The van der Waals surface area contributed by atoms with Gasteiger partial charge in [-0.25, -0.2) is 0 Å². The molecule has 0 aromatic rings. The smallest absolute Gasteiger partial charge is 0.0564 e. The zero-order valence-electron chi connectivity index (χ0n) is 8.08. The summed E-state index contributed by atoms with van der Waals surface area (Å²) in [6, 6.07) is 0.362. The number of rotatable bonds is 6. The summed E-state index contributed by atoms with van der Waals surface area (Å²) in [7, 11) is 0. The molecule has 0 saturated carbocycles. The van der Waals surface area contributed by atoms with E-state index < -0.39 is 0 Å².